The number of aromatic amines is 1. The third-order valence-electron chi connectivity index (χ3n) is 4.65. The van der Waals surface area contributed by atoms with Gasteiger partial charge in [0.1, 0.15) is 17.3 Å². The number of aryl methyl sites for hydroxylation is 1. The summed E-state index contributed by atoms with van der Waals surface area (Å²) in [6.07, 6.45) is 8.72. The Bertz CT molecular complexity index is 1150. The van der Waals surface area contributed by atoms with E-state index in [4.69, 9.17) is 4.74 Å². The van der Waals surface area contributed by atoms with Crippen molar-refractivity contribution in [2.45, 2.75) is 25.7 Å². The molecule has 8 nitrogen and oxygen atoms in total. The van der Waals surface area contributed by atoms with Crippen LogP contribution in [0.4, 0.5) is 11.4 Å². The van der Waals surface area contributed by atoms with E-state index in [2.05, 4.69) is 21.4 Å². The lowest BCUT2D eigenvalue weighted by atomic mass is 10.2. The van der Waals surface area contributed by atoms with Crippen molar-refractivity contribution in [3.05, 3.63) is 82.4 Å². The number of imidazole rings is 1. The van der Waals surface area contributed by atoms with Crippen molar-refractivity contribution in [2.24, 2.45) is 0 Å². The monoisotopic (exact) mass is 404 g/mol. The molecule has 30 heavy (non-hydrogen) atoms. The van der Waals surface area contributed by atoms with Crippen LogP contribution >= 0.6 is 0 Å². The minimum absolute atomic E-state index is 0.00123. The van der Waals surface area contributed by atoms with Crippen LogP contribution in [0, 0.1) is 10.1 Å². The molecule has 4 rings (SSSR count). The Hall–Kier alpha value is -3.94. The summed E-state index contributed by atoms with van der Waals surface area (Å²) in [5.41, 5.74) is 1.90. The van der Waals surface area contributed by atoms with E-state index in [9.17, 15) is 14.9 Å². The highest BCUT2D eigenvalue weighted by Gasteiger charge is 2.11. The number of fused-ring (bicyclic) bond motifs is 1. The number of nitrogens with one attached hydrogen (secondary N) is 2. The molecule has 1 aromatic heterocycles. The van der Waals surface area contributed by atoms with E-state index < -0.39 is 4.92 Å². The Kier molecular flexibility index (Phi) is 5.56. The van der Waals surface area contributed by atoms with Crippen LogP contribution in [0.15, 0.2) is 66.5 Å². The number of hydrogen-bond donors (Lipinski definition) is 2. The second-order valence-corrected chi connectivity index (χ2v) is 6.90. The second kappa shape index (κ2) is 8.60. The van der Waals surface area contributed by atoms with Crippen LogP contribution in [0.5, 0.6) is 5.75 Å². The van der Waals surface area contributed by atoms with Gasteiger partial charge in [0, 0.05) is 30.7 Å². The molecule has 152 valence electrons. The molecule has 0 unspecified atom stereocenters. The fraction of sp³-hybridized carbons (Fsp3) is 0.182. The number of rotatable bonds is 7. The van der Waals surface area contributed by atoms with Crippen LogP contribution in [0.25, 0.3) is 11.0 Å². The van der Waals surface area contributed by atoms with E-state index in [-0.39, 0.29) is 18.0 Å². The molecule has 0 bridgehead atoms. The molecule has 0 aliphatic heterocycles. The number of allylic oxidation sites excluding steroid dienone is 3. The van der Waals surface area contributed by atoms with Gasteiger partial charge in [-0.15, -0.1) is 0 Å². The number of aromatic nitrogens is 2. The molecule has 2 aromatic carbocycles. The summed E-state index contributed by atoms with van der Waals surface area (Å²) in [4.78, 5) is 30.1. The number of hydrogen-bond acceptors (Lipinski definition) is 5. The van der Waals surface area contributed by atoms with Crippen molar-refractivity contribution in [2.75, 3.05) is 5.32 Å². The fourth-order valence-corrected chi connectivity index (χ4v) is 3.15. The number of benzene rings is 2. The van der Waals surface area contributed by atoms with Gasteiger partial charge in [-0.25, -0.2) is 4.98 Å². The molecule has 1 aliphatic rings. The van der Waals surface area contributed by atoms with Crippen LogP contribution in [-0.2, 0) is 11.2 Å². The van der Waals surface area contributed by atoms with Gasteiger partial charge in [-0.2, -0.15) is 0 Å². The molecule has 0 fully saturated rings. The van der Waals surface area contributed by atoms with Crippen LogP contribution in [-0.4, -0.2) is 20.8 Å². The minimum Gasteiger partial charge on any atom is -0.458 e. The zero-order valence-corrected chi connectivity index (χ0v) is 16.1. The van der Waals surface area contributed by atoms with Crippen LogP contribution in [0.2, 0.25) is 0 Å². The highest BCUT2D eigenvalue weighted by molar-refractivity contribution is 5.90. The van der Waals surface area contributed by atoms with E-state index >= 15 is 0 Å². The zero-order valence-electron chi connectivity index (χ0n) is 16.1. The van der Waals surface area contributed by atoms with E-state index in [0.29, 0.717) is 34.7 Å². The van der Waals surface area contributed by atoms with Gasteiger partial charge < -0.3 is 15.0 Å². The predicted octanol–water partition coefficient (Wildman–Crippen LogP) is 4.66. The zero-order chi connectivity index (χ0) is 20.9. The minimum atomic E-state index is -0.452. The van der Waals surface area contributed by atoms with E-state index in [1.54, 1.807) is 18.2 Å². The lowest BCUT2D eigenvalue weighted by molar-refractivity contribution is -0.384. The summed E-state index contributed by atoms with van der Waals surface area (Å²) < 4.78 is 5.78. The van der Waals surface area contributed by atoms with Crippen molar-refractivity contribution < 1.29 is 14.5 Å². The number of H-pyrrole nitrogens is 1. The maximum absolute atomic E-state index is 12.3. The molecular formula is C22H20N4O4. The van der Waals surface area contributed by atoms with Gasteiger partial charge in [-0.05, 0) is 55.3 Å². The van der Waals surface area contributed by atoms with Gasteiger partial charge in [0.2, 0.25) is 5.91 Å². The van der Waals surface area contributed by atoms with Crippen molar-refractivity contribution in [3.63, 3.8) is 0 Å². The first kappa shape index (κ1) is 19.4. The maximum atomic E-state index is 12.3. The topological polar surface area (TPSA) is 110 Å². The Morgan fingerprint density at radius 1 is 1.20 bits per heavy atom. The van der Waals surface area contributed by atoms with Gasteiger partial charge in [0.05, 0.1) is 16.0 Å². The number of amides is 1. The quantitative estimate of drug-likeness (QED) is 0.440. The summed E-state index contributed by atoms with van der Waals surface area (Å²) in [5, 5.41) is 13.7. The normalized spacial score (nSPS) is 13.1. The van der Waals surface area contributed by atoms with Crippen LogP contribution in [0.3, 0.4) is 0 Å². The third kappa shape index (κ3) is 4.72. The molecule has 1 aliphatic carbocycles. The van der Waals surface area contributed by atoms with Gasteiger partial charge in [0.25, 0.3) is 5.69 Å². The highest BCUT2D eigenvalue weighted by Crippen LogP contribution is 2.21. The number of carbonyl (C=O) groups excluding carboxylic acids is 1. The smallest absolute Gasteiger partial charge is 0.271 e. The van der Waals surface area contributed by atoms with E-state index in [1.165, 1.54) is 12.1 Å². The highest BCUT2D eigenvalue weighted by atomic mass is 16.6. The molecule has 0 saturated carbocycles. The number of nitro groups is 1. The van der Waals surface area contributed by atoms with Crippen LogP contribution in [0.1, 0.15) is 25.1 Å². The average Bonchev–Trinajstić information content (AvgIpc) is 3.16. The van der Waals surface area contributed by atoms with Gasteiger partial charge in [-0.1, -0.05) is 6.08 Å². The number of anilines is 1. The molecule has 2 N–H and O–H groups in total. The van der Waals surface area contributed by atoms with Crippen LogP contribution < -0.4 is 10.1 Å². The van der Waals surface area contributed by atoms with Crippen molar-refractivity contribution >= 4 is 28.3 Å². The van der Waals surface area contributed by atoms with Crippen molar-refractivity contribution in [1.29, 1.82) is 0 Å². The SMILES string of the molecule is O=C(CCc1nc2ccc([N+](=O)[O-])cc2[nH]1)Nc1ccc(OC2=CCCC=C2)cc1. The molecule has 3 aromatic rings. The third-order valence-corrected chi connectivity index (χ3v) is 4.65. The first-order valence-electron chi connectivity index (χ1n) is 9.64. The van der Waals surface area contributed by atoms with E-state index in [1.807, 2.05) is 24.3 Å². The Balaban J connectivity index is 1.31. The fourth-order valence-electron chi connectivity index (χ4n) is 3.15. The Morgan fingerprint density at radius 2 is 2.03 bits per heavy atom. The molecule has 0 atom stereocenters. The second-order valence-electron chi connectivity index (χ2n) is 6.90. The number of nitro benzene ring substituents is 1. The molecule has 0 saturated heterocycles. The van der Waals surface area contributed by atoms with Gasteiger partial charge in [0.15, 0.2) is 0 Å². The molecule has 0 spiro atoms. The molecule has 8 heteroatoms. The van der Waals surface area contributed by atoms with Gasteiger partial charge in [-0.3, -0.25) is 14.9 Å². The number of nitrogens with zero attached hydrogens (tertiary/aromatic N) is 2. The molecule has 0 radical (unpaired) electrons. The van der Waals surface area contributed by atoms with Gasteiger partial charge >= 0.3 is 0 Å². The summed E-state index contributed by atoms with van der Waals surface area (Å²) in [5.74, 6) is 2.00. The van der Waals surface area contributed by atoms with E-state index in [0.717, 1.165) is 18.6 Å². The molecule has 1 amide bonds. The predicted molar refractivity (Wildman–Crippen MR) is 113 cm³/mol. The number of carbonyl (C=O) groups is 1. The lowest BCUT2D eigenvalue weighted by Crippen LogP contribution is -2.12. The summed E-state index contributed by atoms with van der Waals surface area (Å²) in [7, 11) is 0. The first-order valence-corrected chi connectivity index (χ1v) is 9.64. The standard InChI is InChI=1S/C22H20N4O4/c27-22(13-12-21-24-19-11-8-16(26(28)29)14-20(19)25-21)23-15-6-9-18(10-7-15)30-17-4-2-1-3-5-17/h2,4-11,14H,1,3,12-13H2,(H,23,27)(H,24,25). The molecular weight excluding hydrogens is 384 g/mol. The Labute approximate surface area is 172 Å². The van der Waals surface area contributed by atoms with Crippen molar-refractivity contribution in [1.82, 2.24) is 9.97 Å². The summed E-state index contributed by atoms with van der Waals surface area (Å²) >= 11 is 0. The maximum Gasteiger partial charge on any atom is 0.271 e. The number of ether oxygens (including phenoxy) is 1. The van der Waals surface area contributed by atoms with Crippen molar-refractivity contribution in [3.8, 4) is 5.75 Å². The lowest BCUT2D eigenvalue weighted by Gasteiger charge is -2.10. The summed E-state index contributed by atoms with van der Waals surface area (Å²) in [6, 6.07) is 11.6. The Morgan fingerprint density at radius 3 is 2.77 bits per heavy atom. The average molecular weight is 404 g/mol. The molecule has 1 heterocycles. The largest absolute Gasteiger partial charge is 0.458 e. The first-order chi connectivity index (χ1) is 14.6. The summed E-state index contributed by atoms with van der Waals surface area (Å²) in [6.45, 7) is 0. The number of non-ortho nitro benzene ring substituents is 1.